The minimum Gasteiger partial charge on any atom is -0.481 e. The summed E-state index contributed by atoms with van der Waals surface area (Å²) in [7, 11) is 3.50. The Morgan fingerprint density at radius 3 is 2.50 bits per heavy atom. The summed E-state index contributed by atoms with van der Waals surface area (Å²) in [5, 5.41) is 10.6. The van der Waals surface area contributed by atoms with Crippen LogP contribution in [0.25, 0.3) is 23.1 Å². The van der Waals surface area contributed by atoms with Crippen molar-refractivity contribution in [2.45, 2.75) is 17.4 Å². The van der Waals surface area contributed by atoms with Gasteiger partial charge in [-0.2, -0.15) is 0 Å². The third-order valence-electron chi connectivity index (χ3n) is 4.99. The number of carboxylic acids is 1. The normalized spacial score (nSPS) is 12.2. The molecule has 3 rings (SSSR count). The van der Waals surface area contributed by atoms with Crippen molar-refractivity contribution in [2.75, 3.05) is 25.6 Å². The van der Waals surface area contributed by atoms with E-state index in [0.717, 1.165) is 22.0 Å². The molecule has 0 aliphatic carbocycles. The van der Waals surface area contributed by atoms with Crippen molar-refractivity contribution in [2.24, 2.45) is 0 Å². The molecule has 34 heavy (non-hydrogen) atoms. The van der Waals surface area contributed by atoms with Gasteiger partial charge in [-0.05, 0) is 35.4 Å². The van der Waals surface area contributed by atoms with Crippen molar-refractivity contribution >= 4 is 70.1 Å². The molecule has 0 spiro atoms. The molecule has 0 saturated heterocycles. The van der Waals surface area contributed by atoms with E-state index in [9.17, 15) is 9.59 Å². The van der Waals surface area contributed by atoms with Crippen molar-refractivity contribution in [3.63, 3.8) is 0 Å². The molecule has 178 valence electrons. The van der Waals surface area contributed by atoms with Crippen molar-refractivity contribution in [3.05, 3.63) is 76.4 Å². The first-order chi connectivity index (χ1) is 16.3. The molecule has 1 unspecified atom stereocenters. The van der Waals surface area contributed by atoms with Gasteiger partial charge in [-0.3, -0.25) is 9.59 Å². The lowest BCUT2D eigenvalue weighted by Gasteiger charge is -2.18. The third-order valence-corrected chi connectivity index (χ3v) is 8.14. The first-order valence-electron chi connectivity index (χ1n) is 10.8. The van der Waals surface area contributed by atoms with E-state index in [-0.39, 0.29) is 16.9 Å². The molecule has 8 heteroatoms. The number of para-hydroxylation sites is 1. The molecule has 0 radical (unpaired) electrons. The second-order valence-electron chi connectivity index (χ2n) is 7.81. The highest BCUT2D eigenvalue weighted by Gasteiger charge is 2.15. The number of carboxylic acid groups (broad SMARTS) is 1. The number of aliphatic carboxylic acids is 1. The van der Waals surface area contributed by atoms with E-state index in [1.165, 1.54) is 0 Å². The maximum Gasteiger partial charge on any atom is 0.304 e. The summed E-state index contributed by atoms with van der Waals surface area (Å²) in [6.07, 6.45) is 4.43. The summed E-state index contributed by atoms with van der Waals surface area (Å²) in [5.41, 5.74) is 3.67. The number of hydrogen-bond acceptors (Lipinski definition) is 5. The van der Waals surface area contributed by atoms with Crippen LogP contribution in [-0.2, 0) is 9.59 Å². The fourth-order valence-corrected chi connectivity index (χ4v) is 6.05. The molecule has 3 aromatic rings. The zero-order valence-corrected chi connectivity index (χ0v) is 21.5. The van der Waals surface area contributed by atoms with Gasteiger partial charge in [0.1, 0.15) is 0 Å². The standard InChI is InChI=1S/C26H27ClN2O3S2/c1-29(2)24(30)12-14-33-26(34-15-13-25(31)32)20-8-5-6-18(16-20)10-11-23-21(27)17-19-7-3-4-9-22(19)28-23/h3-11,16-17,26H,12-15H2,1-2H3,(H,31,32)/b11-10+. The highest BCUT2D eigenvalue weighted by Crippen LogP contribution is 2.40. The number of halogens is 1. The SMILES string of the molecule is CN(C)C(=O)CCSC(SCCC(=O)O)c1cccc(/C=C/c2nc3ccccc3cc2Cl)c1. The molecule has 0 fully saturated rings. The van der Waals surface area contributed by atoms with E-state index in [0.29, 0.717) is 28.6 Å². The third kappa shape index (κ3) is 7.79. The molecule has 2 aromatic carbocycles. The predicted octanol–water partition coefficient (Wildman–Crippen LogP) is 6.48. The van der Waals surface area contributed by atoms with Crippen LogP contribution in [0.4, 0.5) is 0 Å². The molecule has 1 heterocycles. The van der Waals surface area contributed by atoms with Crippen LogP contribution in [0.5, 0.6) is 0 Å². The predicted molar refractivity (Wildman–Crippen MR) is 145 cm³/mol. The summed E-state index contributed by atoms with van der Waals surface area (Å²) in [5.74, 6) is 0.442. The number of carbonyl (C=O) groups is 2. The van der Waals surface area contributed by atoms with Crippen LogP contribution in [0.2, 0.25) is 5.02 Å². The number of aromatic nitrogens is 1. The van der Waals surface area contributed by atoms with E-state index in [4.69, 9.17) is 16.7 Å². The fraction of sp³-hybridized carbons (Fsp3) is 0.269. The van der Waals surface area contributed by atoms with Gasteiger partial charge in [0.15, 0.2) is 0 Å². The zero-order valence-electron chi connectivity index (χ0n) is 19.1. The van der Waals surface area contributed by atoms with Crippen LogP contribution < -0.4 is 0 Å². The van der Waals surface area contributed by atoms with Crippen LogP contribution in [-0.4, -0.2) is 52.5 Å². The van der Waals surface area contributed by atoms with E-state index >= 15 is 0 Å². The minimum absolute atomic E-state index is 0.0324. The molecular weight excluding hydrogens is 488 g/mol. The van der Waals surface area contributed by atoms with E-state index in [1.54, 1.807) is 42.5 Å². The summed E-state index contributed by atoms with van der Waals surface area (Å²) < 4.78 is 0.0324. The number of rotatable bonds is 11. The molecule has 1 aromatic heterocycles. The Morgan fingerprint density at radius 2 is 1.76 bits per heavy atom. The Morgan fingerprint density at radius 1 is 1.03 bits per heavy atom. The summed E-state index contributed by atoms with van der Waals surface area (Å²) in [6, 6.07) is 17.9. The number of hydrogen-bond donors (Lipinski definition) is 1. The Hall–Kier alpha value is -2.48. The Bertz CT molecular complexity index is 1180. The summed E-state index contributed by atoms with van der Waals surface area (Å²) in [4.78, 5) is 29.2. The monoisotopic (exact) mass is 514 g/mol. The molecule has 1 atom stereocenters. The van der Waals surface area contributed by atoms with Gasteiger partial charge in [0.05, 0.1) is 27.2 Å². The Labute approximate surface area is 213 Å². The summed E-state index contributed by atoms with van der Waals surface area (Å²) >= 11 is 9.69. The molecule has 0 bridgehead atoms. The Kier molecular flexibility index (Phi) is 9.86. The first kappa shape index (κ1) is 26.1. The first-order valence-corrected chi connectivity index (χ1v) is 13.3. The van der Waals surface area contributed by atoms with Gasteiger partial charge >= 0.3 is 5.97 Å². The van der Waals surface area contributed by atoms with Crippen molar-refractivity contribution in [1.29, 1.82) is 0 Å². The minimum atomic E-state index is -0.810. The average molecular weight is 515 g/mol. The van der Waals surface area contributed by atoms with Crippen LogP contribution in [0.15, 0.2) is 54.6 Å². The number of pyridine rings is 1. The van der Waals surface area contributed by atoms with Crippen molar-refractivity contribution in [1.82, 2.24) is 9.88 Å². The average Bonchev–Trinajstić information content (AvgIpc) is 2.81. The molecule has 0 aliphatic heterocycles. The van der Waals surface area contributed by atoms with Gasteiger partial charge in [0.2, 0.25) is 5.91 Å². The number of fused-ring (bicyclic) bond motifs is 1. The second-order valence-corrected chi connectivity index (χ2v) is 10.9. The van der Waals surface area contributed by atoms with E-state index in [1.807, 2.05) is 60.7 Å². The van der Waals surface area contributed by atoms with Gasteiger partial charge in [0.25, 0.3) is 0 Å². The van der Waals surface area contributed by atoms with Crippen LogP contribution in [0, 0.1) is 0 Å². The maximum atomic E-state index is 11.9. The number of nitrogens with zero attached hydrogens (tertiary/aromatic N) is 2. The van der Waals surface area contributed by atoms with E-state index < -0.39 is 5.97 Å². The van der Waals surface area contributed by atoms with Gasteiger partial charge in [-0.15, -0.1) is 23.5 Å². The smallest absolute Gasteiger partial charge is 0.304 e. The lowest BCUT2D eigenvalue weighted by atomic mass is 10.1. The van der Waals surface area contributed by atoms with Gasteiger partial charge < -0.3 is 10.0 Å². The van der Waals surface area contributed by atoms with Gasteiger partial charge in [-0.1, -0.05) is 54.1 Å². The molecule has 1 N–H and O–H groups in total. The molecule has 0 aliphatic rings. The number of benzene rings is 2. The topological polar surface area (TPSA) is 70.5 Å². The fourth-order valence-electron chi connectivity index (χ4n) is 3.18. The number of amides is 1. The van der Waals surface area contributed by atoms with E-state index in [2.05, 4.69) is 11.1 Å². The lowest BCUT2D eigenvalue weighted by molar-refractivity contribution is -0.136. The second kappa shape index (κ2) is 12.8. The lowest BCUT2D eigenvalue weighted by Crippen LogP contribution is -2.21. The van der Waals surface area contributed by atoms with Gasteiger partial charge in [0, 0.05) is 37.4 Å². The Balaban J connectivity index is 1.76. The summed E-state index contributed by atoms with van der Waals surface area (Å²) in [6.45, 7) is 0. The van der Waals surface area contributed by atoms with Crippen molar-refractivity contribution in [3.8, 4) is 0 Å². The molecule has 5 nitrogen and oxygen atoms in total. The van der Waals surface area contributed by atoms with Crippen molar-refractivity contribution < 1.29 is 14.7 Å². The van der Waals surface area contributed by atoms with Crippen LogP contribution in [0.1, 0.15) is 34.2 Å². The molecule has 1 amide bonds. The maximum absolute atomic E-state index is 11.9. The van der Waals surface area contributed by atoms with Crippen LogP contribution in [0.3, 0.4) is 0 Å². The zero-order chi connectivity index (χ0) is 24.5. The number of carbonyl (C=O) groups excluding carboxylic acids is 1. The largest absolute Gasteiger partial charge is 0.481 e. The molecule has 0 saturated carbocycles. The van der Waals surface area contributed by atoms with Gasteiger partial charge in [-0.25, -0.2) is 4.98 Å². The highest BCUT2D eigenvalue weighted by molar-refractivity contribution is 8.16. The van der Waals surface area contributed by atoms with Crippen LogP contribution >= 0.6 is 35.1 Å². The quantitative estimate of drug-likeness (QED) is 0.295. The number of thioether (sulfide) groups is 2. The highest BCUT2D eigenvalue weighted by atomic mass is 35.5. The molecular formula is C26H27ClN2O3S2.